The van der Waals surface area contributed by atoms with Gasteiger partial charge in [-0.2, -0.15) is 0 Å². The molecule has 0 saturated carbocycles. The maximum Gasteiger partial charge on any atom is 0.125 e. The molecule has 0 aliphatic carbocycles. The third-order valence-electron chi connectivity index (χ3n) is 4.05. The van der Waals surface area contributed by atoms with E-state index in [1.807, 2.05) is 0 Å². The van der Waals surface area contributed by atoms with Crippen LogP contribution < -0.4 is 10.1 Å². The van der Waals surface area contributed by atoms with Gasteiger partial charge in [-0.05, 0) is 43.0 Å². The number of rotatable bonds is 3. The molecule has 1 aliphatic rings. The SMILES string of the molecule is Cc1ccccc1CNC1CCCOc2cc(Br)ccc21. The molecule has 110 valence electrons. The van der Waals surface area contributed by atoms with Gasteiger partial charge in [-0.1, -0.05) is 46.3 Å². The Kier molecular flexibility index (Phi) is 4.61. The van der Waals surface area contributed by atoms with Crippen LogP contribution in [-0.4, -0.2) is 6.61 Å². The first kappa shape index (κ1) is 14.6. The quantitative estimate of drug-likeness (QED) is 0.865. The summed E-state index contributed by atoms with van der Waals surface area (Å²) in [4.78, 5) is 0. The number of fused-ring (bicyclic) bond motifs is 1. The molecule has 2 nitrogen and oxygen atoms in total. The highest BCUT2D eigenvalue weighted by Crippen LogP contribution is 2.33. The molecule has 2 aromatic carbocycles. The molecule has 0 amide bonds. The molecule has 0 spiro atoms. The summed E-state index contributed by atoms with van der Waals surface area (Å²) in [5, 5.41) is 3.70. The number of benzene rings is 2. The van der Waals surface area contributed by atoms with Gasteiger partial charge in [0.2, 0.25) is 0 Å². The predicted molar refractivity (Wildman–Crippen MR) is 89.6 cm³/mol. The normalized spacial score (nSPS) is 17.7. The highest BCUT2D eigenvalue weighted by atomic mass is 79.9. The van der Waals surface area contributed by atoms with Crippen LogP contribution in [0.2, 0.25) is 0 Å². The van der Waals surface area contributed by atoms with E-state index in [0.717, 1.165) is 36.2 Å². The largest absolute Gasteiger partial charge is 0.493 e. The van der Waals surface area contributed by atoms with Crippen LogP contribution in [0.3, 0.4) is 0 Å². The molecule has 1 N–H and O–H groups in total. The number of hydrogen-bond acceptors (Lipinski definition) is 2. The molecular weight excluding hydrogens is 326 g/mol. The number of aryl methyl sites for hydroxylation is 1. The zero-order valence-corrected chi connectivity index (χ0v) is 13.8. The van der Waals surface area contributed by atoms with Gasteiger partial charge >= 0.3 is 0 Å². The maximum atomic E-state index is 5.87. The van der Waals surface area contributed by atoms with Crippen LogP contribution >= 0.6 is 15.9 Å². The molecule has 0 bridgehead atoms. The van der Waals surface area contributed by atoms with Crippen LogP contribution in [0, 0.1) is 6.92 Å². The highest BCUT2D eigenvalue weighted by molar-refractivity contribution is 9.10. The Morgan fingerprint density at radius 1 is 1.24 bits per heavy atom. The topological polar surface area (TPSA) is 21.3 Å². The summed E-state index contributed by atoms with van der Waals surface area (Å²) >= 11 is 3.52. The maximum absolute atomic E-state index is 5.87. The second kappa shape index (κ2) is 6.63. The first-order valence-corrected chi connectivity index (χ1v) is 8.23. The number of hydrogen-bond donors (Lipinski definition) is 1. The van der Waals surface area contributed by atoms with Crippen LogP contribution in [0.4, 0.5) is 0 Å². The van der Waals surface area contributed by atoms with Gasteiger partial charge in [-0.3, -0.25) is 0 Å². The molecule has 3 rings (SSSR count). The summed E-state index contributed by atoms with van der Waals surface area (Å²) in [6.45, 7) is 3.86. The average Bonchev–Trinajstić information content (AvgIpc) is 2.68. The van der Waals surface area contributed by atoms with Crippen LogP contribution in [0.15, 0.2) is 46.9 Å². The molecule has 1 unspecified atom stereocenters. The summed E-state index contributed by atoms with van der Waals surface area (Å²) in [6, 6.07) is 15.2. The van der Waals surface area contributed by atoms with Crippen molar-refractivity contribution in [3.63, 3.8) is 0 Å². The fourth-order valence-electron chi connectivity index (χ4n) is 2.80. The summed E-state index contributed by atoms with van der Waals surface area (Å²) in [6.07, 6.45) is 2.19. The monoisotopic (exact) mass is 345 g/mol. The van der Waals surface area contributed by atoms with Crippen LogP contribution in [-0.2, 0) is 6.54 Å². The second-order valence-corrected chi connectivity index (χ2v) is 6.45. The smallest absolute Gasteiger partial charge is 0.125 e. The molecule has 0 radical (unpaired) electrons. The average molecular weight is 346 g/mol. The molecule has 0 aromatic heterocycles. The van der Waals surface area contributed by atoms with E-state index in [9.17, 15) is 0 Å². The number of ether oxygens (including phenoxy) is 1. The van der Waals surface area contributed by atoms with Crippen molar-refractivity contribution < 1.29 is 4.74 Å². The van der Waals surface area contributed by atoms with E-state index in [0.29, 0.717) is 6.04 Å². The van der Waals surface area contributed by atoms with Crippen molar-refractivity contribution in [2.24, 2.45) is 0 Å². The second-order valence-electron chi connectivity index (χ2n) is 5.53. The van der Waals surface area contributed by atoms with E-state index in [2.05, 4.69) is 70.6 Å². The summed E-state index contributed by atoms with van der Waals surface area (Å²) in [5.74, 6) is 1.00. The van der Waals surface area contributed by atoms with Gasteiger partial charge in [0, 0.05) is 22.6 Å². The van der Waals surface area contributed by atoms with Crippen molar-refractivity contribution in [2.75, 3.05) is 6.61 Å². The highest BCUT2D eigenvalue weighted by Gasteiger charge is 2.19. The van der Waals surface area contributed by atoms with Crippen molar-refractivity contribution in [3.8, 4) is 5.75 Å². The van der Waals surface area contributed by atoms with E-state index in [-0.39, 0.29) is 0 Å². The zero-order chi connectivity index (χ0) is 14.7. The molecule has 2 aromatic rings. The van der Waals surface area contributed by atoms with Crippen molar-refractivity contribution >= 4 is 15.9 Å². The minimum absolute atomic E-state index is 0.357. The van der Waals surface area contributed by atoms with E-state index >= 15 is 0 Å². The Labute approximate surface area is 134 Å². The van der Waals surface area contributed by atoms with Gasteiger partial charge in [0.25, 0.3) is 0 Å². The van der Waals surface area contributed by atoms with Crippen LogP contribution in [0.1, 0.15) is 35.6 Å². The summed E-state index contributed by atoms with van der Waals surface area (Å²) in [5.41, 5.74) is 3.97. The molecule has 1 heterocycles. The van der Waals surface area contributed by atoms with Crippen LogP contribution in [0.25, 0.3) is 0 Å². The van der Waals surface area contributed by atoms with Crippen molar-refractivity contribution in [1.29, 1.82) is 0 Å². The Morgan fingerprint density at radius 2 is 2.10 bits per heavy atom. The Hall–Kier alpha value is -1.32. The van der Waals surface area contributed by atoms with E-state index in [1.54, 1.807) is 0 Å². The van der Waals surface area contributed by atoms with Gasteiger partial charge in [0.05, 0.1) is 6.61 Å². The van der Waals surface area contributed by atoms with Gasteiger partial charge in [-0.15, -0.1) is 0 Å². The van der Waals surface area contributed by atoms with E-state index in [4.69, 9.17) is 4.74 Å². The molecular formula is C18H20BrNO. The standard InChI is InChI=1S/C18H20BrNO/c1-13-5-2-3-6-14(13)12-20-17-7-4-10-21-18-11-15(19)8-9-16(17)18/h2-3,5-6,8-9,11,17,20H,4,7,10,12H2,1H3. The summed E-state index contributed by atoms with van der Waals surface area (Å²) < 4.78 is 6.94. The lowest BCUT2D eigenvalue weighted by molar-refractivity contribution is 0.315. The molecule has 1 atom stereocenters. The third kappa shape index (κ3) is 3.47. The molecule has 0 fully saturated rings. The van der Waals surface area contributed by atoms with Gasteiger partial charge in [0.1, 0.15) is 5.75 Å². The molecule has 0 saturated heterocycles. The lowest BCUT2D eigenvalue weighted by Crippen LogP contribution is -2.21. The predicted octanol–water partition coefficient (Wildman–Crippen LogP) is 4.76. The van der Waals surface area contributed by atoms with Crippen LogP contribution in [0.5, 0.6) is 5.75 Å². The lowest BCUT2D eigenvalue weighted by atomic mass is 10.0. The van der Waals surface area contributed by atoms with Crippen molar-refractivity contribution in [1.82, 2.24) is 5.32 Å². The van der Waals surface area contributed by atoms with E-state index < -0.39 is 0 Å². The van der Waals surface area contributed by atoms with Gasteiger partial charge in [-0.25, -0.2) is 0 Å². The van der Waals surface area contributed by atoms with Crippen molar-refractivity contribution in [3.05, 3.63) is 63.6 Å². The Balaban J connectivity index is 1.78. The molecule has 1 aliphatic heterocycles. The third-order valence-corrected chi connectivity index (χ3v) is 4.54. The Bertz CT molecular complexity index is 626. The fraction of sp³-hybridized carbons (Fsp3) is 0.333. The number of halogens is 1. The minimum atomic E-state index is 0.357. The first-order chi connectivity index (χ1) is 10.2. The Morgan fingerprint density at radius 3 is 2.95 bits per heavy atom. The zero-order valence-electron chi connectivity index (χ0n) is 12.2. The lowest BCUT2D eigenvalue weighted by Gasteiger charge is -2.19. The van der Waals surface area contributed by atoms with Gasteiger partial charge < -0.3 is 10.1 Å². The number of nitrogens with one attached hydrogen (secondary N) is 1. The molecule has 3 heteroatoms. The van der Waals surface area contributed by atoms with Gasteiger partial charge in [0.15, 0.2) is 0 Å². The van der Waals surface area contributed by atoms with Crippen molar-refractivity contribution in [2.45, 2.75) is 32.4 Å². The minimum Gasteiger partial charge on any atom is -0.493 e. The first-order valence-electron chi connectivity index (χ1n) is 7.44. The molecule has 21 heavy (non-hydrogen) atoms. The summed E-state index contributed by atoms with van der Waals surface area (Å²) in [7, 11) is 0. The van der Waals surface area contributed by atoms with E-state index in [1.165, 1.54) is 16.7 Å². The fourth-order valence-corrected chi connectivity index (χ4v) is 3.14.